The van der Waals surface area contributed by atoms with Crippen LogP contribution in [-0.2, 0) is 9.84 Å². The average molecular weight is 285 g/mol. The van der Waals surface area contributed by atoms with Gasteiger partial charge in [0.25, 0.3) is 5.91 Å². The second kappa shape index (κ2) is 5.69. The number of hydrogen-bond donors (Lipinski definition) is 1. The van der Waals surface area contributed by atoms with Gasteiger partial charge in [-0.1, -0.05) is 6.07 Å². The Balaban J connectivity index is 1.79. The molecule has 1 aromatic rings. The third kappa shape index (κ3) is 4.02. The van der Waals surface area contributed by atoms with Crippen molar-refractivity contribution in [3.8, 4) is 0 Å². The van der Waals surface area contributed by atoms with Crippen LogP contribution in [0.1, 0.15) is 23.2 Å². The maximum absolute atomic E-state index is 12.9. The maximum atomic E-state index is 12.9. The summed E-state index contributed by atoms with van der Waals surface area (Å²) in [5, 5.41) is 2.68. The van der Waals surface area contributed by atoms with Crippen LogP contribution in [0, 0.1) is 11.7 Å². The van der Waals surface area contributed by atoms with Gasteiger partial charge in [0.1, 0.15) is 5.82 Å². The van der Waals surface area contributed by atoms with Crippen molar-refractivity contribution in [1.82, 2.24) is 5.32 Å². The lowest BCUT2D eigenvalue weighted by Crippen LogP contribution is -2.26. The molecular formula is C13H16FNO3S. The minimum Gasteiger partial charge on any atom is -0.352 e. The van der Waals surface area contributed by atoms with Crippen molar-refractivity contribution in [2.45, 2.75) is 12.8 Å². The van der Waals surface area contributed by atoms with Gasteiger partial charge in [-0.05, 0) is 37.0 Å². The van der Waals surface area contributed by atoms with E-state index in [0.717, 1.165) is 0 Å². The van der Waals surface area contributed by atoms with Crippen LogP contribution in [0.4, 0.5) is 4.39 Å². The molecule has 0 bridgehead atoms. The number of amides is 1. The standard InChI is InChI=1S/C13H16FNO3S/c14-12-3-1-2-11(8-12)13(16)15-6-4-10-5-7-19(17,18)9-10/h1-3,8,10H,4-7,9H2,(H,15,16). The second-order valence-corrected chi connectivity index (χ2v) is 7.05. The summed E-state index contributed by atoms with van der Waals surface area (Å²) < 4.78 is 35.5. The summed E-state index contributed by atoms with van der Waals surface area (Å²) in [6, 6.07) is 5.47. The average Bonchev–Trinajstić information content (AvgIpc) is 2.69. The molecule has 0 spiro atoms. The maximum Gasteiger partial charge on any atom is 0.251 e. The van der Waals surface area contributed by atoms with Gasteiger partial charge in [-0.25, -0.2) is 12.8 Å². The molecule has 1 fully saturated rings. The minimum absolute atomic E-state index is 0.123. The molecule has 4 nitrogen and oxygen atoms in total. The van der Waals surface area contributed by atoms with Gasteiger partial charge in [-0.3, -0.25) is 4.79 Å². The van der Waals surface area contributed by atoms with Crippen molar-refractivity contribution in [2.75, 3.05) is 18.1 Å². The highest BCUT2D eigenvalue weighted by molar-refractivity contribution is 7.91. The Kier molecular flexibility index (Phi) is 4.19. The zero-order valence-electron chi connectivity index (χ0n) is 10.4. The normalized spacial score (nSPS) is 21.2. The first-order valence-corrected chi connectivity index (χ1v) is 8.02. The third-order valence-electron chi connectivity index (χ3n) is 3.25. The summed E-state index contributed by atoms with van der Waals surface area (Å²) in [5.41, 5.74) is 0.277. The highest BCUT2D eigenvalue weighted by Gasteiger charge is 2.27. The van der Waals surface area contributed by atoms with Gasteiger partial charge in [0.05, 0.1) is 11.5 Å². The summed E-state index contributed by atoms with van der Waals surface area (Å²) in [5.74, 6) is -0.203. The molecule has 1 aliphatic heterocycles. The molecule has 1 amide bonds. The fraction of sp³-hybridized carbons (Fsp3) is 0.462. The number of carbonyl (C=O) groups is 1. The van der Waals surface area contributed by atoms with E-state index >= 15 is 0 Å². The largest absolute Gasteiger partial charge is 0.352 e. The zero-order chi connectivity index (χ0) is 13.9. The number of sulfone groups is 1. The number of carbonyl (C=O) groups excluding carboxylic acids is 1. The van der Waals surface area contributed by atoms with Gasteiger partial charge >= 0.3 is 0 Å². The van der Waals surface area contributed by atoms with E-state index in [-0.39, 0.29) is 28.9 Å². The molecule has 6 heteroatoms. The molecular weight excluding hydrogens is 269 g/mol. The summed E-state index contributed by atoms with van der Waals surface area (Å²) in [6.07, 6.45) is 1.30. The van der Waals surface area contributed by atoms with Crippen molar-refractivity contribution < 1.29 is 17.6 Å². The summed E-state index contributed by atoms with van der Waals surface area (Å²) >= 11 is 0. The van der Waals surface area contributed by atoms with Gasteiger partial charge < -0.3 is 5.32 Å². The molecule has 2 rings (SSSR count). The number of benzene rings is 1. The topological polar surface area (TPSA) is 63.2 Å². The van der Waals surface area contributed by atoms with E-state index in [9.17, 15) is 17.6 Å². The van der Waals surface area contributed by atoms with E-state index in [4.69, 9.17) is 0 Å². The van der Waals surface area contributed by atoms with Crippen molar-refractivity contribution >= 4 is 15.7 Å². The number of rotatable bonds is 4. The van der Waals surface area contributed by atoms with E-state index in [1.807, 2.05) is 0 Å². The highest BCUT2D eigenvalue weighted by atomic mass is 32.2. The van der Waals surface area contributed by atoms with Gasteiger partial charge in [0.15, 0.2) is 9.84 Å². The van der Waals surface area contributed by atoms with Crippen LogP contribution in [0.15, 0.2) is 24.3 Å². The molecule has 0 saturated carbocycles. The number of nitrogens with one attached hydrogen (secondary N) is 1. The van der Waals surface area contributed by atoms with Crippen molar-refractivity contribution in [3.63, 3.8) is 0 Å². The molecule has 1 heterocycles. The van der Waals surface area contributed by atoms with Crippen LogP contribution in [0.25, 0.3) is 0 Å². The fourth-order valence-corrected chi connectivity index (χ4v) is 4.13. The van der Waals surface area contributed by atoms with Gasteiger partial charge in [-0.15, -0.1) is 0 Å². The first kappa shape index (κ1) is 14.0. The van der Waals surface area contributed by atoms with Gasteiger partial charge in [0, 0.05) is 12.1 Å². The molecule has 0 aromatic heterocycles. The Morgan fingerprint density at radius 2 is 2.21 bits per heavy atom. The van der Waals surface area contributed by atoms with E-state index in [0.29, 0.717) is 19.4 Å². The van der Waals surface area contributed by atoms with Crippen LogP contribution in [0.2, 0.25) is 0 Å². The van der Waals surface area contributed by atoms with Gasteiger partial charge in [-0.2, -0.15) is 0 Å². The lowest BCUT2D eigenvalue weighted by Gasteiger charge is -2.09. The Bertz CT molecular complexity index is 571. The van der Waals surface area contributed by atoms with E-state index in [1.54, 1.807) is 6.07 Å². The molecule has 1 aliphatic rings. The van der Waals surface area contributed by atoms with E-state index < -0.39 is 15.7 Å². The molecule has 1 unspecified atom stereocenters. The zero-order valence-corrected chi connectivity index (χ0v) is 11.2. The van der Waals surface area contributed by atoms with Crippen LogP contribution in [-0.4, -0.2) is 32.4 Å². The SMILES string of the molecule is O=C(NCCC1CCS(=O)(=O)C1)c1cccc(F)c1. The molecule has 1 N–H and O–H groups in total. The van der Waals surface area contributed by atoms with Crippen LogP contribution in [0.3, 0.4) is 0 Å². The molecule has 19 heavy (non-hydrogen) atoms. The molecule has 1 saturated heterocycles. The minimum atomic E-state index is -2.87. The quantitative estimate of drug-likeness (QED) is 0.909. The molecule has 0 radical (unpaired) electrons. The first-order valence-electron chi connectivity index (χ1n) is 6.20. The van der Waals surface area contributed by atoms with Crippen molar-refractivity contribution in [1.29, 1.82) is 0 Å². The lowest BCUT2D eigenvalue weighted by molar-refractivity contribution is 0.0951. The summed E-state index contributed by atoms with van der Waals surface area (Å²) in [7, 11) is -2.87. The van der Waals surface area contributed by atoms with Crippen molar-refractivity contribution in [2.24, 2.45) is 5.92 Å². The smallest absolute Gasteiger partial charge is 0.251 e. The molecule has 104 valence electrons. The Labute approximate surface area is 111 Å². The van der Waals surface area contributed by atoms with Crippen molar-refractivity contribution in [3.05, 3.63) is 35.6 Å². The van der Waals surface area contributed by atoms with Crippen LogP contribution in [0.5, 0.6) is 0 Å². The molecule has 1 atom stereocenters. The highest BCUT2D eigenvalue weighted by Crippen LogP contribution is 2.20. The summed E-state index contributed by atoms with van der Waals surface area (Å²) in [4.78, 5) is 11.7. The number of halogens is 1. The summed E-state index contributed by atoms with van der Waals surface area (Å²) in [6.45, 7) is 0.412. The Morgan fingerprint density at radius 1 is 1.42 bits per heavy atom. The van der Waals surface area contributed by atoms with E-state index in [2.05, 4.69) is 5.32 Å². The van der Waals surface area contributed by atoms with Gasteiger partial charge in [0.2, 0.25) is 0 Å². The predicted octanol–water partition coefficient (Wildman–Crippen LogP) is 1.38. The lowest BCUT2D eigenvalue weighted by atomic mass is 10.1. The van der Waals surface area contributed by atoms with E-state index in [1.165, 1.54) is 18.2 Å². The molecule has 0 aliphatic carbocycles. The predicted molar refractivity (Wildman–Crippen MR) is 70.1 cm³/mol. The fourth-order valence-electron chi connectivity index (χ4n) is 2.22. The Hall–Kier alpha value is -1.43. The molecule has 1 aromatic carbocycles. The third-order valence-corrected chi connectivity index (χ3v) is 5.09. The van der Waals surface area contributed by atoms with Crippen LogP contribution < -0.4 is 5.32 Å². The monoisotopic (exact) mass is 285 g/mol. The number of hydrogen-bond acceptors (Lipinski definition) is 3. The first-order chi connectivity index (χ1) is 8.96. The second-order valence-electron chi connectivity index (χ2n) is 4.82. The van der Waals surface area contributed by atoms with Crippen LogP contribution >= 0.6 is 0 Å². The Morgan fingerprint density at radius 3 is 2.84 bits per heavy atom.